The van der Waals surface area contributed by atoms with E-state index in [9.17, 15) is 9.59 Å². The average molecular weight is 275 g/mol. The molecular weight excluding hydrogens is 254 g/mol. The fourth-order valence-electron chi connectivity index (χ4n) is 2.57. The maximum Gasteiger partial charge on any atom is 0.229 e. The quantitative estimate of drug-likeness (QED) is 0.916. The number of nitrogens with one attached hydrogen (secondary N) is 1. The molecule has 20 heavy (non-hydrogen) atoms. The van der Waals surface area contributed by atoms with Gasteiger partial charge >= 0.3 is 0 Å². The SMILES string of the molecule is CCC(CC)C(=O)Nc1ncc2c(n1)C[C@@H](C)CC2=O. The molecular formula is C15H21N3O2. The number of Topliss-reactive ketones (excluding diaryl/α,β-unsaturated/α-hetero) is 1. The highest BCUT2D eigenvalue weighted by Gasteiger charge is 2.25. The number of aromatic nitrogens is 2. The first kappa shape index (κ1) is 14.6. The topological polar surface area (TPSA) is 72.0 Å². The Kier molecular flexibility index (Phi) is 4.47. The molecule has 0 saturated heterocycles. The minimum Gasteiger partial charge on any atom is -0.294 e. The average Bonchev–Trinajstić information content (AvgIpc) is 2.39. The number of carbonyl (C=O) groups is 2. The molecule has 1 amide bonds. The first-order chi connectivity index (χ1) is 9.55. The molecule has 0 bridgehead atoms. The van der Waals surface area contributed by atoms with E-state index in [2.05, 4.69) is 15.3 Å². The van der Waals surface area contributed by atoms with Crippen molar-refractivity contribution in [2.75, 3.05) is 5.32 Å². The van der Waals surface area contributed by atoms with E-state index in [0.717, 1.165) is 25.0 Å². The van der Waals surface area contributed by atoms with Crippen LogP contribution in [-0.2, 0) is 11.2 Å². The molecule has 0 radical (unpaired) electrons. The number of amides is 1. The molecule has 0 aliphatic heterocycles. The second-order valence-corrected chi connectivity index (χ2v) is 5.49. The van der Waals surface area contributed by atoms with Crippen molar-refractivity contribution in [1.82, 2.24) is 9.97 Å². The zero-order valence-corrected chi connectivity index (χ0v) is 12.3. The molecule has 1 aromatic rings. The zero-order valence-electron chi connectivity index (χ0n) is 12.3. The predicted octanol–water partition coefficient (Wildman–Crippen LogP) is 2.62. The smallest absolute Gasteiger partial charge is 0.229 e. The van der Waals surface area contributed by atoms with Crippen molar-refractivity contribution in [2.24, 2.45) is 11.8 Å². The maximum absolute atomic E-state index is 12.0. The molecule has 2 rings (SSSR count). The van der Waals surface area contributed by atoms with Crippen LogP contribution < -0.4 is 5.32 Å². The van der Waals surface area contributed by atoms with Gasteiger partial charge in [-0.25, -0.2) is 9.97 Å². The number of carbonyl (C=O) groups excluding carboxylic acids is 2. The molecule has 0 spiro atoms. The Bertz CT molecular complexity index is 524. The number of hydrogen-bond acceptors (Lipinski definition) is 4. The van der Waals surface area contributed by atoms with Gasteiger partial charge in [0.15, 0.2) is 5.78 Å². The van der Waals surface area contributed by atoms with Gasteiger partial charge in [-0.15, -0.1) is 0 Å². The van der Waals surface area contributed by atoms with Gasteiger partial charge in [0.05, 0.1) is 11.3 Å². The second kappa shape index (κ2) is 6.11. The summed E-state index contributed by atoms with van der Waals surface area (Å²) in [6, 6.07) is 0. The molecule has 1 N–H and O–H groups in total. The Morgan fingerprint density at radius 1 is 1.40 bits per heavy atom. The van der Waals surface area contributed by atoms with E-state index in [-0.39, 0.29) is 17.6 Å². The van der Waals surface area contributed by atoms with Crippen LogP contribution in [0.25, 0.3) is 0 Å². The molecule has 1 aliphatic carbocycles. The van der Waals surface area contributed by atoms with Gasteiger partial charge in [0.1, 0.15) is 0 Å². The van der Waals surface area contributed by atoms with Gasteiger partial charge in [0, 0.05) is 18.5 Å². The summed E-state index contributed by atoms with van der Waals surface area (Å²) in [5.41, 5.74) is 1.35. The van der Waals surface area contributed by atoms with Crippen molar-refractivity contribution in [3.8, 4) is 0 Å². The zero-order chi connectivity index (χ0) is 14.7. The third-order valence-electron chi connectivity index (χ3n) is 3.84. The first-order valence-corrected chi connectivity index (χ1v) is 7.25. The van der Waals surface area contributed by atoms with Gasteiger partial charge in [-0.1, -0.05) is 20.8 Å². The number of ketones is 1. The summed E-state index contributed by atoms with van der Waals surface area (Å²) < 4.78 is 0. The lowest BCUT2D eigenvalue weighted by atomic mass is 9.88. The molecule has 1 atom stereocenters. The van der Waals surface area contributed by atoms with Crippen LogP contribution in [0.1, 0.15) is 56.1 Å². The molecule has 1 aromatic heterocycles. The number of rotatable bonds is 4. The minimum absolute atomic E-state index is 0.0183. The number of fused-ring (bicyclic) bond motifs is 1. The van der Waals surface area contributed by atoms with Crippen LogP contribution in [-0.4, -0.2) is 21.7 Å². The van der Waals surface area contributed by atoms with E-state index in [4.69, 9.17) is 0 Å². The van der Waals surface area contributed by atoms with E-state index in [1.54, 1.807) is 6.20 Å². The number of nitrogens with zero attached hydrogens (tertiary/aromatic N) is 2. The van der Waals surface area contributed by atoms with Crippen molar-refractivity contribution in [2.45, 2.75) is 46.5 Å². The van der Waals surface area contributed by atoms with Crippen LogP contribution in [0.3, 0.4) is 0 Å². The Labute approximate surface area is 119 Å². The fraction of sp³-hybridized carbons (Fsp3) is 0.600. The highest BCUT2D eigenvalue weighted by Crippen LogP contribution is 2.24. The highest BCUT2D eigenvalue weighted by molar-refractivity contribution is 5.98. The molecule has 108 valence electrons. The molecule has 0 saturated carbocycles. The summed E-state index contributed by atoms with van der Waals surface area (Å²) in [5.74, 6) is 0.631. The van der Waals surface area contributed by atoms with Crippen molar-refractivity contribution < 1.29 is 9.59 Å². The molecule has 0 fully saturated rings. The molecule has 0 unspecified atom stereocenters. The van der Waals surface area contributed by atoms with Crippen LogP contribution >= 0.6 is 0 Å². The Hall–Kier alpha value is -1.78. The third kappa shape index (κ3) is 3.03. The number of anilines is 1. The Morgan fingerprint density at radius 3 is 2.75 bits per heavy atom. The molecule has 5 nitrogen and oxygen atoms in total. The highest BCUT2D eigenvalue weighted by atomic mass is 16.2. The van der Waals surface area contributed by atoms with Gasteiger partial charge in [-0.2, -0.15) is 0 Å². The standard InChI is InChI=1S/C15H21N3O2/c1-4-10(5-2)14(20)18-15-16-8-11-12(17-15)6-9(3)7-13(11)19/h8-10H,4-7H2,1-3H3,(H,16,17,18,20)/t9-/m1/s1. The maximum atomic E-state index is 12.0. The van der Waals surface area contributed by atoms with Gasteiger partial charge in [0.2, 0.25) is 11.9 Å². The molecule has 5 heteroatoms. The van der Waals surface area contributed by atoms with Gasteiger partial charge < -0.3 is 0 Å². The third-order valence-corrected chi connectivity index (χ3v) is 3.84. The normalized spacial score (nSPS) is 18.0. The van der Waals surface area contributed by atoms with Crippen LogP contribution in [0, 0.1) is 11.8 Å². The van der Waals surface area contributed by atoms with Crippen LogP contribution in [0.15, 0.2) is 6.20 Å². The van der Waals surface area contributed by atoms with Crippen molar-refractivity contribution in [3.63, 3.8) is 0 Å². The van der Waals surface area contributed by atoms with E-state index < -0.39 is 0 Å². The lowest BCUT2D eigenvalue weighted by molar-refractivity contribution is -0.120. The van der Waals surface area contributed by atoms with E-state index >= 15 is 0 Å². The van der Waals surface area contributed by atoms with Crippen LogP contribution in [0.2, 0.25) is 0 Å². The van der Waals surface area contributed by atoms with Crippen molar-refractivity contribution >= 4 is 17.6 Å². The summed E-state index contributed by atoms with van der Waals surface area (Å²) in [6.45, 7) is 6.01. The summed E-state index contributed by atoms with van der Waals surface area (Å²) in [6.07, 6.45) is 4.44. The van der Waals surface area contributed by atoms with Gasteiger partial charge in [-0.05, 0) is 25.2 Å². The predicted molar refractivity (Wildman–Crippen MR) is 76.5 cm³/mol. The van der Waals surface area contributed by atoms with E-state index in [1.807, 2.05) is 20.8 Å². The molecule has 0 aromatic carbocycles. The summed E-state index contributed by atoms with van der Waals surface area (Å²) in [5, 5.41) is 2.75. The lowest BCUT2D eigenvalue weighted by Crippen LogP contribution is -2.25. The number of hydrogen-bond donors (Lipinski definition) is 1. The molecule has 1 heterocycles. The summed E-state index contributed by atoms with van der Waals surface area (Å²) >= 11 is 0. The fourth-order valence-corrected chi connectivity index (χ4v) is 2.57. The van der Waals surface area contributed by atoms with Crippen molar-refractivity contribution in [3.05, 3.63) is 17.5 Å². The summed E-state index contributed by atoms with van der Waals surface area (Å²) in [4.78, 5) is 32.3. The lowest BCUT2D eigenvalue weighted by Gasteiger charge is -2.19. The first-order valence-electron chi connectivity index (χ1n) is 7.25. The van der Waals surface area contributed by atoms with Gasteiger partial charge in [-0.3, -0.25) is 14.9 Å². The summed E-state index contributed by atoms with van der Waals surface area (Å²) in [7, 11) is 0. The van der Waals surface area contributed by atoms with Gasteiger partial charge in [0.25, 0.3) is 0 Å². The van der Waals surface area contributed by atoms with Crippen LogP contribution in [0.5, 0.6) is 0 Å². The monoisotopic (exact) mass is 275 g/mol. The van der Waals surface area contributed by atoms with E-state index in [0.29, 0.717) is 23.9 Å². The second-order valence-electron chi connectivity index (χ2n) is 5.49. The Morgan fingerprint density at radius 2 is 2.10 bits per heavy atom. The Balaban J connectivity index is 2.17. The molecule has 1 aliphatic rings. The van der Waals surface area contributed by atoms with Crippen LogP contribution in [0.4, 0.5) is 5.95 Å². The largest absolute Gasteiger partial charge is 0.294 e. The van der Waals surface area contributed by atoms with E-state index in [1.165, 1.54) is 0 Å². The minimum atomic E-state index is -0.0508. The van der Waals surface area contributed by atoms with Crippen molar-refractivity contribution in [1.29, 1.82) is 0 Å².